The summed E-state index contributed by atoms with van der Waals surface area (Å²) >= 11 is 7.16. The maximum Gasteiger partial charge on any atom is 0.407 e. The minimum atomic E-state index is -1.04. The number of carbonyl (C=O) groups excluding carboxylic acids is 2. The first-order valence-corrected chi connectivity index (χ1v) is 12.9. The summed E-state index contributed by atoms with van der Waals surface area (Å²) in [7, 11) is 0. The highest BCUT2D eigenvalue weighted by atomic mass is 35.5. The number of nitrogens with zero attached hydrogens (tertiary/aromatic N) is 3. The Labute approximate surface area is 222 Å². The van der Waals surface area contributed by atoms with E-state index in [-0.39, 0.29) is 29.0 Å². The van der Waals surface area contributed by atoms with Crippen molar-refractivity contribution in [1.82, 2.24) is 25.6 Å². The zero-order chi connectivity index (χ0) is 26.5. The van der Waals surface area contributed by atoms with Crippen LogP contribution in [0.25, 0.3) is 0 Å². The number of carbonyl (C=O) groups is 3. The molecule has 4 rings (SSSR count). The highest BCUT2D eigenvalue weighted by Crippen LogP contribution is 2.28. The monoisotopic (exact) mass is 546 g/mol. The molecule has 0 saturated carbocycles. The molecule has 3 aromatic rings. The number of carboxylic acid groups (broad SMARTS) is 1. The second kappa shape index (κ2) is 11.6. The summed E-state index contributed by atoms with van der Waals surface area (Å²) < 4.78 is 5.39. The van der Waals surface area contributed by atoms with Gasteiger partial charge in [-0.25, -0.2) is 19.6 Å². The van der Waals surface area contributed by atoms with Gasteiger partial charge in [0.15, 0.2) is 16.1 Å². The lowest BCUT2D eigenvalue weighted by molar-refractivity contribution is 0.0700. The minimum absolute atomic E-state index is 0.0938. The van der Waals surface area contributed by atoms with Crippen LogP contribution in [0.3, 0.4) is 0 Å². The predicted octanol–water partition coefficient (Wildman–Crippen LogP) is 3.39. The van der Waals surface area contributed by atoms with E-state index in [1.54, 1.807) is 6.92 Å². The number of H-pyrrole nitrogens is 1. The summed E-state index contributed by atoms with van der Waals surface area (Å²) in [6, 6.07) is 8.29. The standard InChI is InChI=1S/C24H27ClN6O5S/c1-3-15-19(25)30-20(27-15)21(32)28-16-9-10-31(23-26-13(2)18(37-23)22(33)34)11-17(16)29-24(35)36-12-14-7-5-4-6-8-14/h4-8,16-17H,3,9-12H2,1-2H3,(H,27,30)(H,28,32)(H,29,35)(H,33,34). The first-order valence-electron chi connectivity index (χ1n) is 11.7. The Kier molecular flexibility index (Phi) is 8.29. The van der Waals surface area contributed by atoms with Crippen molar-refractivity contribution in [1.29, 1.82) is 0 Å². The fraction of sp³-hybridized carbons (Fsp3) is 0.375. The Morgan fingerprint density at radius 1 is 1.22 bits per heavy atom. The lowest BCUT2D eigenvalue weighted by Gasteiger charge is -2.38. The van der Waals surface area contributed by atoms with Crippen molar-refractivity contribution in [2.75, 3.05) is 18.0 Å². The molecular formula is C24H27ClN6O5S. The van der Waals surface area contributed by atoms with Crippen LogP contribution in [0.2, 0.25) is 5.15 Å². The zero-order valence-electron chi connectivity index (χ0n) is 20.3. The van der Waals surface area contributed by atoms with Crippen molar-refractivity contribution in [3.8, 4) is 0 Å². The summed E-state index contributed by atoms with van der Waals surface area (Å²) in [5.41, 5.74) is 1.93. The number of benzene rings is 1. The van der Waals surface area contributed by atoms with Gasteiger partial charge in [0.25, 0.3) is 5.91 Å². The fourth-order valence-corrected chi connectivity index (χ4v) is 5.25. The Hall–Kier alpha value is -3.64. The molecule has 1 aromatic carbocycles. The Bertz CT molecular complexity index is 1280. The molecule has 13 heteroatoms. The highest BCUT2D eigenvalue weighted by Gasteiger charge is 2.34. The number of piperidine rings is 1. The number of aromatic carboxylic acids is 1. The molecule has 0 spiro atoms. The van der Waals surface area contributed by atoms with Gasteiger partial charge in [0.2, 0.25) is 0 Å². The largest absolute Gasteiger partial charge is 0.477 e. The van der Waals surface area contributed by atoms with Crippen LogP contribution in [0.15, 0.2) is 30.3 Å². The molecule has 2 atom stereocenters. The normalized spacial score (nSPS) is 17.3. The average Bonchev–Trinajstić information content (AvgIpc) is 3.46. The first kappa shape index (κ1) is 26.4. The Morgan fingerprint density at radius 2 is 1.97 bits per heavy atom. The molecule has 1 aliphatic rings. The predicted molar refractivity (Wildman–Crippen MR) is 138 cm³/mol. The van der Waals surface area contributed by atoms with Crippen molar-refractivity contribution in [3.63, 3.8) is 0 Å². The zero-order valence-corrected chi connectivity index (χ0v) is 21.9. The fourth-order valence-electron chi connectivity index (χ4n) is 4.04. The first-order chi connectivity index (χ1) is 17.7. The number of carboxylic acids is 1. The van der Waals surface area contributed by atoms with Crippen molar-refractivity contribution in [2.45, 2.75) is 45.4 Å². The van der Waals surface area contributed by atoms with Gasteiger partial charge in [-0.3, -0.25) is 4.79 Å². The Balaban J connectivity index is 1.48. The molecule has 2 unspecified atom stereocenters. The molecule has 4 N–H and O–H groups in total. The summed E-state index contributed by atoms with van der Waals surface area (Å²) in [6.07, 6.45) is 0.428. The smallest absolute Gasteiger partial charge is 0.407 e. The van der Waals surface area contributed by atoms with Crippen LogP contribution < -0.4 is 15.5 Å². The molecule has 37 heavy (non-hydrogen) atoms. The molecule has 1 aliphatic heterocycles. The van der Waals surface area contributed by atoms with Gasteiger partial charge in [-0.2, -0.15) is 0 Å². The molecule has 196 valence electrons. The van der Waals surface area contributed by atoms with E-state index < -0.39 is 30.1 Å². The number of ether oxygens (including phenoxy) is 1. The second-order valence-electron chi connectivity index (χ2n) is 8.55. The molecule has 2 amide bonds. The van der Waals surface area contributed by atoms with Crippen LogP contribution >= 0.6 is 22.9 Å². The van der Waals surface area contributed by atoms with Gasteiger partial charge >= 0.3 is 12.1 Å². The van der Waals surface area contributed by atoms with Crippen LogP contribution in [0.4, 0.5) is 9.93 Å². The summed E-state index contributed by atoms with van der Waals surface area (Å²) in [6.45, 7) is 4.42. The number of nitrogens with one attached hydrogen (secondary N) is 3. The second-order valence-corrected chi connectivity index (χ2v) is 9.89. The molecule has 0 aliphatic carbocycles. The lowest BCUT2D eigenvalue weighted by Crippen LogP contribution is -2.60. The summed E-state index contributed by atoms with van der Waals surface area (Å²) in [5.74, 6) is -1.38. The van der Waals surface area contributed by atoms with Crippen LogP contribution in [0.5, 0.6) is 0 Å². The lowest BCUT2D eigenvalue weighted by atomic mass is 9.99. The number of imidazole rings is 1. The molecule has 2 aromatic heterocycles. The number of hydrogen-bond acceptors (Lipinski definition) is 8. The van der Waals surface area contributed by atoms with Gasteiger partial charge in [-0.05, 0) is 25.3 Å². The maximum absolute atomic E-state index is 12.9. The summed E-state index contributed by atoms with van der Waals surface area (Å²) in [4.78, 5) is 50.6. The van der Waals surface area contributed by atoms with Crippen molar-refractivity contribution in [2.24, 2.45) is 0 Å². The van der Waals surface area contributed by atoms with Crippen molar-refractivity contribution < 1.29 is 24.2 Å². The SMILES string of the molecule is CCc1[nH]c(C(=O)NC2CCN(c3nc(C)c(C(=O)O)s3)CC2NC(=O)OCc2ccccc2)nc1Cl. The van der Waals surface area contributed by atoms with Gasteiger partial charge in [-0.1, -0.05) is 60.2 Å². The third-order valence-electron chi connectivity index (χ3n) is 5.99. The number of aromatic amines is 1. The maximum atomic E-state index is 12.9. The third kappa shape index (κ3) is 6.38. The van der Waals surface area contributed by atoms with Crippen LogP contribution in [-0.4, -0.2) is 63.2 Å². The molecule has 11 nitrogen and oxygen atoms in total. The van der Waals surface area contributed by atoms with E-state index in [2.05, 4.69) is 25.6 Å². The van der Waals surface area contributed by atoms with E-state index in [0.29, 0.717) is 35.9 Å². The van der Waals surface area contributed by atoms with E-state index in [4.69, 9.17) is 16.3 Å². The van der Waals surface area contributed by atoms with E-state index >= 15 is 0 Å². The highest BCUT2D eigenvalue weighted by molar-refractivity contribution is 7.17. The van der Waals surface area contributed by atoms with Gasteiger partial charge < -0.3 is 30.4 Å². The van der Waals surface area contributed by atoms with Crippen LogP contribution in [0, 0.1) is 6.92 Å². The number of aromatic nitrogens is 3. The molecule has 0 bridgehead atoms. The number of aryl methyl sites for hydroxylation is 2. The average molecular weight is 547 g/mol. The number of hydrogen-bond donors (Lipinski definition) is 4. The number of halogens is 1. The van der Waals surface area contributed by atoms with Crippen molar-refractivity contribution in [3.05, 3.63) is 63.1 Å². The van der Waals surface area contributed by atoms with Gasteiger partial charge in [0.05, 0.1) is 23.5 Å². The number of amides is 2. The Morgan fingerprint density at radius 3 is 2.62 bits per heavy atom. The number of alkyl carbamates (subject to hydrolysis) is 1. The molecule has 1 fully saturated rings. The van der Waals surface area contributed by atoms with E-state index in [0.717, 1.165) is 16.9 Å². The number of thiazole rings is 1. The molecule has 0 radical (unpaired) electrons. The van der Waals surface area contributed by atoms with E-state index in [1.165, 1.54) is 0 Å². The van der Waals surface area contributed by atoms with Gasteiger partial charge in [0.1, 0.15) is 11.5 Å². The van der Waals surface area contributed by atoms with Crippen LogP contribution in [0.1, 0.15) is 50.6 Å². The third-order valence-corrected chi connectivity index (χ3v) is 7.51. The number of anilines is 1. The number of rotatable bonds is 8. The van der Waals surface area contributed by atoms with Gasteiger partial charge in [-0.15, -0.1) is 0 Å². The molecular weight excluding hydrogens is 520 g/mol. The molecule has 3 heterocycles. The van der Waals surface area contributed by atoms with E-state index in [1.807, 2.05) is 42.2 Å². The topological polar surface area (TPSA) is 150 Å². The van der Waals surface area contributed by atoms with Crippen LogP contribution in [-0.2, 0) is 17.8 Å². The quantitative estimate of drug-likeness (QED) is 0.336. The van der Waals surface area contributed by atoms with Crippen molar-refractivity contribution >= 4 is 46.0 Å². The summed E-state index contributed by atoms with van der Waals surface area (Å²) in [5, 5.41) is 16.0. The van der Waals surface area contributed by atoms with Gasteiger partial charge in [0, 0.05) is 13.1 Å². The minimum Gasteiger partial charge on any atom is -0.477 e. The molecule has 1 saturated heterocycles. The van der Waals surface area contributed by atoms with E-state index in [9.17, 15) is 19.5 Å².